The number of aromatic nitrogens is 2. The Morgan fingerprint density at radius 1 is 0.839 bits per heavy atom. The lowest BCUT2D eigenvalue weighted by Crippen LogP contribution is -2.11. The number of halogens is 3. The van der Waals surface area contributed by atoms with Crippen LogP contribution in [0.15, 0.2) is 82.7 Å². The molecule has 1 heterocycles. The first-order valence-electron chi connectivity index (χ1n) is 9.17. The van der Waals surface area contributed by atoms with Crippen molar-refractivity contribution in [1.29, 1.82) is 0 Å². The molecule has 0 unspecified atom stereocenters. The van der Waals surface area contributed by atoms with Gasteiger partial charge in [0.05, 0.1) is 21.5 Å². The number of benzene rings is 3. The summed E-state index contributed by atoms with van der Waals surface area (Å²) in [6.07, 6.45) is -4.47. The summed E-state index contributed by atoms with van der Waals surface area (Å²) in [5.74, 6) is -0.0695. The van der Waals surface area contributed by atoms with Gasteiger partial charge >= 0.3 is 6.18 Å². The van der Waals surface area contributed by atoms with Crippen molar-refractivity contribution in [2.24, 2.45) is 0 Å². The van der Waals surface area contributed by atoms with Crippen molar-refractivity contribution in [3.63, 3.8) is 0 Å². The zero-order valence-corrected chi connectivity index (χ0v) is 17.0. The maximum atomic E-state index is 13.3. The summed E-state index contributed by atoms with van der Waals surface area (Å²) in [6, 6.07) is 17.4. The molecule has 0 saturated heterocycles. The van der Waals surface area contributed by atoms with Gasteiger partial charge in [0.15, 0.2) is 5.82 Å². The summed E-state index contributed by atoms with van der Waals surface area (Å²) in [5.41, 5.74) is 1.02. The molecule has 0 atom stereocenters. The molecule has 1 aromatic heterocycles. The molecule has 0 aliphatic heterocycles. The molecule has 0 aliphatic rings. The van der Waals surface area contributed by atoms with Gasteiger partial charge in [0.1, 0.15) is 0 Å². The lowest BCUT2D eigenvalue weighted by Gasteiger charge is -2.13. The van der Waals surface area contributed by atoms with Crippen molar-refractivity contribution in [1.82, 2.24) is 9.97 Å². The largest absolute Gasteiger partial charge is 0.416 e. The van der Waals surface area contributed by atoms with Crippen LogP contribution in [0.2, 0.25) is 0 Å². The zero-order chi connectivity index (χ0) is 22.2. The second kappa shape index (κ2) is 7.66. The molecule has 1 N–H and O–H groups in total. The summed E-state index contributed by atoms with van der Waals surface area (Å²) in [4.78, 5) is 8.74. The highest BCUT2D eigenvalue weighted by Crippen LogP contribution is 2.32. The third-order valence-electron chi connectivity index (χ3n) is 4.57. The molecule has 0 amide bonds. The molecule has 158 valence electrons. The zero-order valence-electron chi connectivity index (χ0n) is 16.2. The van der Waals surface area contributed by atoms with Gasteiger partial charge in [-0.25, -0.2) is 18.4 Å². The first-order chi connectivity index (χ1) is 14.6. The highest BCUT2D eigenvalue weighted by atomic mass is 32.2. The third-order valence-corrected chi connectivity index (χ3v) is 6.24. The van der Waals surface area contributed by atoms with Crippen LogP contribution in [0.1, 0.15) is 11.1 Å². The monoisotopic (exact) mass is 443 g/mol. The molecule has 0 spiro atoms. The predicted octanol–water partition coefficient (Wildman–Crippen LogP) is 5.53. The highest BCUT2D eigenvalue weighted by Gasteiger charge is 2.30. The van der Waals surface area contributed by atoms with Gasteiger partial charge in [-0.1, -0.05) is 24.3 Å². The van der Waals surface area contributed by atoms with Crippen molar-refractivity contribution in [2.45, 2.75) is 23.0 Å². The van der Waals surface area contributed by atoms with Gasteiger partial charge in [-0.05, 0) is 61.0 Å². The van der Waals surface area contributed by atoms with E-state index >= 15 is 0 Å². The van der Waals surface area contributed by atoms with E-state index in [0.717, 1.165) is 17.7 Å². The summed E-state index contributed by atoms with van der Waals surface area (Å²) < 4.78 is 65.2. The van der Waals surface area contributed by atoms with Gasteiger partial charge in [-0.2, -0.15) is 13.2 Å². The molecule has 0 saturated carbocycles. The smallest absolute Gasteiger partial charge is 0.338 e. The van der Waals surface area contributed by atoms with Gasteiger partial charge in [-0.3, -0.25) is 0 Å². The average Bonchev–Trinajstić information content (AvgIpc) is 2.73. The minimum Gasteiger partial charge on any atom is -0.338 e. The minimum atomic E-state index is -4.47. The van der Waals surface area contributed by atoms with Crippen LogP contribution in [0.5, 0.6) is 0 Å². The van der Waals surface area contributed by atoms with E-state index in [9.17, 15) is 21.6 Å². The van der Waals surface area contributed by atoms with Crippen LogP contribution in [-0.4, -0.2) is 18.4 Å². The maximum absolute atomic E-state index is 13.3. The molecule has 3 aromatic carbocycles. The van der Waals surface area contributed by atoms with Gasteiger partial charge in [0.2, 0.25) is 14.9 Å². The molecule has 9 heteroatoms. The molecular weight excluding hydrogens is 427 g/mol. The van der Waals surface area contributed by atoms with E-state index in [-0.39, 0.29) is 21.4 Å². The number of rotatable bonds is 4. The van der Waals surface area contributed by atoms with Crippen LogP contribution >= 0.6 is 0 Å². The topological polar surface area (TPSA) is 72.0 Å². The molecule has 0 bridgehead atoms. The third kappa shape index (κ3) is 4.22. The quantitative estimate of drug-likeness (QED) is 0.449. The Bertz CT molecular complexity index is 1370. The van der Waals surface area contributed by atoms with Gasteiger partial charge in [0, 0.05) is 5.69 Å². The molecule has 0 radical (unpaired) electrons. The Hall–Kier alpha value is -3.46. The van der Waals surface area contributed by atoms with Crippen molar-refractivity contribution in [3.8, 4) is 0 Å². The van der Waals surface area contributed by atoms with Crippen molar-refractivity contribution >= 4 is 32.4 Å². The number of sulfone groups is 1. The summed E-state index contributed by atoms with van der Waals surface area (Å²) >= 11 is 0. The fourth-order valence-electron chi connectivity index (χ4n) is 3.03. The van der Waals surface area contributed by atoms with E-state index in [1.807, 2.05) is 0 Å². The average molecular weight is 443 g/mol. The molecule has 31 heavy (non-hydrogen) atoms. The predicted molar refractivity (Wildman–Crippen MR) is 111 cm³/mol. The molecule has 4 aromatic rings. The first-order valence-corrected chi connectivity index (χ1v) is 10.7. The van der Waals surface area contributed by atoms with Crippen molar-refractivity contribution < 1.29 is 21.6 Å². The summed E-state index contributed by atoms with van der Waals surface area (Å²) in [6.45, 7) is 1.77. The van der Waals surface area contributed by atoms with Crippen LogP contribution in [-0.2, 0) is 16.0 Å². The fourth-order valence-corrected chi connectivity index (χ4v) is 4.42. The van der Waals surface area contributed by atoms with E-state index in [1.165, 1.54) is 24.3 Å². The Labute approximate surface area is 176 Å². The van der Waals surface area contributed by atoms with E-state index in [1.54, 1.807) is 43.3 Å². The normalized spacial score (nSPS) is 12.1. The number of anilines is 2. The number of alkyl halides is 3. The Balaban J connectivity index is 1.84. The van der Waals surface area contributed by atoms with Gasteiger partial charge in [-0.15, -0.1) is 0 Å². The highest BCUT2D eigenvalue weighted by molar-refractivity contribution is 7.91. The fraction of sp³-hybridized carbons (Fsp3) is 0.0909. The number of nitrogens with one attached hydrogen (secondary N) is 1. The number of hydrogen-bond donors (Lipinski definition) is 1. The molecule has 4 rings (SSSR count). The number of fused-ring (bicyclic) bond motifs is 1. The summed E-state index contributed by atoms with van der Waals surface area (Å²) in [7, 11) is -4.05. The minimum absolute atomic E-state index is 0.0487. The van der Waals surface area contributed by atoms with E-state index in [2.05, 4.69) is 15.3 Å². The number of aryl methyl sites for hydroxylation is 1. The van der Waals surface area contributed by atoms with Gasteiger partial charge in [0.25, 0.3) is 0 Å². The van der Waals surface area contributed by atoms with Crippen LogP contribution < -0.4 is 5.32 Å². The van der Waals surface area contributed by atoms with Crippen molar-refractivity contribution in [2.75, 3.05) is 5.32 Å². The number of nitrogens with zero attached hydrogens (tertiary/aromatic N) is 2. The van der Waals surface area contributed by atoms with Crippen LogP contribution in [0, 0.1) is 6.92 Å². The molecular formula is C22H16F3N3O2S. The number of para-hydroxylation sites is 2. The maximum Gasteiger partial charge on any atom is 0.416 e. The molecule has 0 fully saturated rings. The second-order valence-corrected chi connectivity index (χ2v) is 8.75. The van der Waals surface area contributed by atoms with E-state index in [4.69, 9.17) is 0 Å². The van der Waals surface area contributed by atoms with E-state index in [0.29, 0.717) is 11.0 Å². The Morgan fingerprint density at radius 2 is 1.48 bits per heavy atom. The standard InChI is InChI=1S/C22H16F3N3O2S/c1-14-5-4-6-17(13-14)31(29,30)21-20(27-18-7-2-3-8-19(18)28-21)26-16-11-9-15(10-12-16)22(23,24)25/h2-13H,1H3,(H,26,27). The van der Waals surface area contributed by atoms with Crippen LogP contribution in [0.25, 0.3) is 11.0 Å². The first kappa shape index (κ1) is 20.8. The molecule has 5 nitrogen and oxygen atoms in total. The SMILES string of the molecule is Cc1cccc(S(=O)(=O)c2nc3ccccc3nc2Nc2ccc(C(F)(F)F)cc2)c1. The van der Waals surface area contributed by atoms with E-state index < -0.39 is 21.6 Å². The Morgan fingerprint density at radius 3 is 2.10 bits per heavy atom. The lowest BCUT2D eigenvalue weighted by atomic mass is 10.2. The molecule has 0 aliphatic carbocycles. The summed E-state index contributed by atoms with van der Waals surface area (Å²) in [5, 5.41) is 2.51. The van der Waals surface area contributed by atoms with Crippen LogP contribution in [0.3, 0.4) is 0 Å². The Kier molecular flexibility index (Phi) is 5.14. The van der Waals surface area contributed by atoms with Crippen molar-refractivity contribution in [3.05, 3.63) is 83.9 Å². The van der Waals surface area contributed by atoms with Gasteiger partial charge < -0.3 is 5.32 Å². The second-order valence-electron chi connectivity index (χ2n) is 6.89. The van der Waals surface area contributed by atoms with Crippen LogP contribution in [0.4, 0.5) is 24.7 Å². The number of hydrogen-bond acceptors (Lipinski definition) is 5. The lowest BCUT2D eigenvalue weighted by molar-refractivity contribution is -0.137.